The molecule has 0 bridgehead atoms. The summed E-state index contributed by atoms with van der Waals surface area (Å²) in [6.45, 7) is 0. The summed E-state index contributed by atoms with van der Waals surface area (Å²) in [7, 11) is 0. The van der Waals surface area contributed by atoms with Crippen LogP contribution in [0.1, 0.15) is 11.1 Å². The van der Waals surface area contributed by atoms with Gasteiger partial charge in [-0.25, -0.2) is 0 Å². The maximum atomic E-state index is 12.0. The lowest BCUT2D eigenvalue weighted by molar-refractivity contribution is -0.110. The van der Waals surface area contributed by atoms with Gasteiger partial charge in [-0.3, -0.25) is 4.79 Å². The maximum absolute atomic E-state index is 12.0. The minimum atomic E-state index is -0.141. The number of fused-ring (bicyclic) bond motifs is 1. The molecule has 1 aliphatic heterocycles. The SMILES string of the molecule is O=C1Nc2cc(Cl)ccc2/C1=C/c1ccccc1Cl. The van der Waals surface area contributed by atoms with E-state index in [-0.39, 0.29) is 5.91 Å². The third kappa shape index (κ3) is 2.25. The first-order chi connectivity index (χ1) is 9.15. The summed E-state index contributed by atoms with van der Waals surface area (Å²) in [6, 6.07) is 12.7. The molecule has 0 aromatic heterocycles. The van der Waals surface area contributed by atoms with Gasteiger partial charge < -0.3 is 5.32 Å². The molecule has 0 saturated carbocycles. The van der Waals surface area contributed by atoms with Crippen molar-refractivity contribution in [3.05, 3.63) is 63.6 Å². The molecule has 1 heterocycles. The van der Waals surface area contributed by atoms with E-state index in [1.54, 1.807) is 24.3 Å². The zero-order valence-electron chi connectivity index (χ0n) is 9.78. The Labute approximate surface area is 120 Å². The molecule has 0 spiro atoms. The van der Waals surface area contributed by atoms with Gasteiger partial charge in [-0.2, -0.15) is 0 Å². The second kappa shape index (κ2) is 4.72. The Kier molecular flexibility index (Phi) is 3.05. The van der Waals surface area contributed by atoms with Crippen LogP contribution < -0.4 is 5.32 Å². The summed E-state index contributed by atoms with van der Waals surface area (Å²) in [4.78, 5) is 12.0. The number of hydrogen-bond donors (Lipinski definition) is 1. The highest BCUT2D eigenvalue weighted by molar-refractivity contribution is 6.38. The van der Waals surface area contributed by atoms with Crippen molar-refractivity contribution in [1.29, 1.82) is 0 Å². The molecule has 2 aromatic rings. The zero-order valence-corrected chi connectivity index (χ0v) is 11.3. The van der Waals surface area contributed by atoms with Crippen LogP contribution in [0, 0.1) is 0 Å². The van der Waals surface area contributed by atoms with Crippen molar-refractivity contribution in [2.45, 2.75) is 0 Å². The van der Waals surface area contributed by atoms with Crippen LogP contribution in [0.4, 0.5) is 5.69 Å². The predicted molar refractivity (Wildman–Crippen MR) is 79.4 cm³/mol. The van der Waals surface area contributed by atoms with Crippen LogP contribution in [0.25, 0.3) is 11.6 Å². The third-order valence-corrected chi connectivity index (χ3v) is 3.55. The number of carbonyl (C=O) groups is 1. The average molecular weight is 290 g/mol. The molecular weight excluding hydrogens is 281 g/mol. The van der Waals surface area contributed by atoms with Crippen molar-refractivity contribution in [3.8, 4) is 0 Å². The predicted octanol–water partition coefficient (Wildman–Crippen LogP) is 4.49. The minimum absolute atomic E-state index is 0.141. The number of benzene rings is 2. The lowest BCUT2D eigenvalue weighted by Gasteiger charge is -2.00. The summed E-state index contributed by atoms with van der Waals surface area (Å²) in [5, 5.41) is 4.00. The second-order valence-corrected chi connectivity index (χ2v) is 5.07. The second-order valence-electron chi connectivity index (χ2n) is 4.22. The van der Waals surface area contributed by atoms with Gasteiger partial charge in [0.05, 0.1) is 5.69 Å². The summed E-state index contributed by atoms with van der Waals surface area (Å²) < 4.78 is 0. The van der Waals surface area contributed by atoms with Gasteiger partial charge in [0, 0.05) is 21.2 Å². The van der Waals surface area contributed by atoms with Crippen molar-refractivity contribution in [3.63, 3.8) is 0 Å². The average Bonchev–Trinajstić information content (AvgIpc) is 2.68. The van der Waals surface area contributed by atoms with Crippen LogP contribution in [0.2, 0.25) is 10.0 Å². The van der Waals surface area contributed by atoms with Crippen LogP contribution >= 0.6 is 23.2 Å². The number of hydrogen-bond acceptors (Lipinski definition) is 1. The maximum Gasteiger partial charge on any atom is 0.256 e. The van der Waals surface area contributed by atoms with Crippen molar-refractivity contribution >= 4 is 46.4 Å². The molecule has 94 valence electrons. The number of anilines is 1. The van der Waals surface area contributed by atoms with Gasteiger partial charge in [0.1, 0.15) is 0 Å². The van der Waals surface area contributed by atoms with E-state index in [9.17, 15) is 4.79 Å². The first kappa shape index (κ1) is 12.3. The molecule has 1 amide bonds. The highest BCUT2D eigenvalue weighted by Crippen LogP contribution is 2.35. The van der Waals surface area contributed by atoms with E-state index in [0.717, 1.165) is 16.8 Å². The van der Waals surface area contributed by atoms with Gasteiger partial charge in [-0.1, -0.05) is 47.5 Å². The number of carbonyl (C=O) groups excluding carboxylic acids is 1. The highest BCUT2D eigenvalue weighted by Gasteiger charge is 2.24. The molecule has 0 radical (unpaired) electrons. The molecule has 2 aromatic carbocycles. The van der Waals surface area contributed by atoms with Gasteiger partial charge in [0.2, 0.25) is 0 Å². The number of nitrogens with one attached hydrogen (secondary N) is 1. The highest BCUT2D eigenvalue weighted by atomic mass is 35.5. The van der Waals surface area contributed by atoms with Crippen molar-refractivity contribution in [2.75, 3.05) is 5.32 Å². The van der Waals surface area contributed by atoms with Crippen LogP contribution in [-0.2, 0) is 4.79 Å². The monoisotopic (exact) mass is 289 g/mol. The summed E-state index contributed by atoms with van der Waals surface area (Å²) >= 11 is 12.0. The van der Waals surface area contributed by atoms with Gasteiger partial charge in [0.15, 0.2) is 0 Å². The van der Waals surface area contributed by atoms with Gasteiger partial charge in [0.25, 0.3) is 5.91 Å². The molecule has 1 N–H and O–H groups in total. The molecule has 0 saturated heterocycles. The first-order valence-corrected chi connectivity index (χ1v) is 6.48. The third-order valence-electron chi connectivity index (χ3n) is 2.97. The smallest absolute Gasteiger partial charge is 0.256 e. The Hall–Kier alpha value is -1.77. The molecule has 19 heavy (non-hydrogen) atoms. The van der Waals surface area contributed by atoms with E-state index >= 15 is 0 Å². The fourth-order valence-electron chi connectivity index (χ4n) is 2.06. The van der Waals surface area contributed by atoms with Crippen LogP contribution in [0.15, 0.2) is 42.5 Å². The van der Waals surface area contributed by atoms with E-state index in [1.807, 2.05) is 24.3 Å². The standard InChI is InChI=1S/C15H9Cl2NO/c16-10-5-6-11-12(15(19)18-14(11)8-10)7-9-3-1-2-4-13(9)17/h1-8H,(H,18,19)/b12-7-. The molecule has 0 aliphatic carbocycles. The number of halogens is 2. The lowest BCUT2D eigenvalue weighted by Crippen LogP contribution is -2.03. The fraction of sp³-hybridized carbons (Fsp3) is 0. The van der Waals surface area contributed by atoms with Crippen molar-refractivity contribution in [1.82, 2.24) is 0 Å². The van der Waals surface area contributed by atoms with E-state index in [4.69, 9.17) is 23.2 Å². The number of rotatable bonds is 1. The Morgan fingerprint density at radius 1 is 1.05 bits per heavy atom. The minimum Gasteiger partial charge on any atom is -0.321 e. The molecular formula is C15H9Cl2NO. The van der Waals surface area contributed by atoms with Gasteiger partial charge >= 0.3 is 0 Å². The summed E-state index contributed by atoms with van der Waals surface area (Å²) in [5.74, 6) is -0.141. The zero-order chi connectivity index (χ0) is 13.4. The summed E-state index contributed by atoms with van der Waals surface area (Å²) in [5.41, 5.74) is 2.99. The molecule has 0 atom stereocenters. The van der Waals surface area contributed by atoms with E-state index in [0.29, 0.717) is 15.6 Å². The first-order valence-electron chi connectivity index (χ1n) is 5.72. The molecule has 0 fully saturated rings. The van der Waals surface area contributed by atoms with Crippen LogP contribution in [0.5, 0.6) is 0 Å². The molecule has 3 rings (SSSR count). The molecule has 4 heteroatoms. The van der Waals surface area contributed by atoms with Crippen molar-refractivity contribution in [2.24, 2.45) is 0 Å². The van der Waals surface area contributed by atoms with Crippen molar-refractivity contribution < 1.29 is 4.79 Å². The summed E-state index contributed by atoms with van der Waals surface area (Å²) in [6.07, 6.45) is 1.79. The Balaban J connectivity index is 2.12. The number of amides is 1. The topological polar surface area (TPSA) is 29.1 Å². The molecule has 1 aliphatic rings. The fourth-order valence-corrected chi connectivity index (χ4v) is 2.42. The van der Waals surface area contributed by atoms with E-state index < -0.39 is 0 Å². The van der Waals surface area contributed by atoms with E-state index in [2.05, 4.69) is 5.32 Å². The molecule has 2 nitrogen and oxygen atoms in total. The van der Waals surface area contributed by atoms with Crippen LogP contribution in [0.3, 0.4) is 0 Å². The normalized spacial score (nSPS) is 15.5. The Bertz CT molecular complexity index is 707. The molecule has 0 unspecified atom stereocenters. The van der Waals surface area contributed by atoms with Crippen LogP contribution in [-0.4, -0.2) is 5.91 Å². The van der Waals surface area contributed by atoms with E-state index in [1.165, 1.54) is 0 Å². The quantitative estimate of drug-likeness (QED) is 0.770. The lowest BCUT2D eigenvalue weighted by atomic mass is 10.0. The van der Waals surface area contributed by atoms with Gasteiger partial charge in [-0.05, 0) is 29.8 Å². The Morgan fingerprint density at radius 3 is 2.63 bits per heavy atom. The Morgan fingerprint density at radius 2 is 1.84 bits per heavy atom. The van der Waals surface area contributed by atoms with Gasteiger partial charge in [-0.15, -0.1) is 0 Å². The largest absolute Gasteiger partial charge is 0.321 e.